The zero-order valence-corrected chi connectivity index (χ0v) is 12.1. The number of carbonyl (C=O) groups excluding carboxylic acids is 1. The lowest BCUT2D eigenvalue weighted by Gasteiger charge is -2.33. The Balaban J connectivity index is 1.90. The molecule has 3 N–H and O–H groups in total. The minimum Gasteiger partial charge on any atom is -0.480 e. The Morgan fingerprint density at radius 1 is 1.29 bits per heavy atom. The van der Waals surface area contributed by atoms with E-state index in [1.165, 1.54) is 4.90 Å². The molecular formula is C16H22N2O3. The van der Waals surface area contributed by atoms with Crippen molar-refractivity contribution in [2.24, 2.45) is 5.73 Å². The number of nitrogens with two attached hydrogens (primary N) is 1. The first kappa shape index (κ1) is 15.5. The molecule has 1 aromatic rings. The van der Waals surface area contributed by atoms with Crippen molar-refractivity contribution < 1.29 is 14.7 Å². The normalized spacial score (nSPS) is 20.0. The standard InChI is InChI=1S/C16H22N2O3/c17-13(12-6-2-1-3-7-12)9-10-15(19)18-11-5-4-8-14(18)16(20)21/h1-3,6-7,13-14H,4-5,8-11,17H2,(H,20,21). The summed E-state index contributed by atoms with van der Waals surface area (Å²) < 4.78 is 0. The van der Waals surface area contributed by atoms with Gasteiger partial charge in [0.25, 0.3) is 0 Å². The largest absolute Gasteiger partial charge is 0.480 e. The molecular weight excluding hydrogens is 268 g/mol. The van der Waals surface area contributed by atoms with Gasteiger partial charge in [-0.3, -0.25) is 4.79 Å². The van der Waals surface area contributed by atoms with Gasteiger partial charge in [0.2, 0.25) is 5.91 Å². The van der Waals surface area contributed by atoms with Gasteiger partial charge in [-0.2, -0.15) is 0 Å². The molecule has 1 heterocycles. The van der Waals surface area contributed by atoms with Gasteiger partial charge >= 0.3 is 5.97 Å². The van der Waals surface area contributed by atoms with E-state index in [2.05, 4.69) is 0 Å². The molecule has 5 heteroatoms. The third-order valence-corrected chi connectivity index (χ3v) is 4.01. The zero-order chi connectivity index (χ0) is 15.2. The van der Waals surface area contributed by atoms with Crippen molar-refractivity contribution in [3.8, 4) is 0 Å². The molecule has 0 spiro atoms. The van der Waals surface area contributed by atoms with Crippen molar-refractivity contribution in [1.29, 1.82) is 0 Å². The smallest absolute Gasteiger partial charge is 0.326 e. The zero-order valence-electron chi connectivity index (χ0n) is 12.1. The number of piperidine rings is 1. The number of carboxylic acids is 1. The van der Waals surface area contributed by atoms with Crippen molar-refractivity contribution in [2.45, 2.75) is 44.2 Å². The van der Waals surface area contributed by atoms with Crippen molar-refractivity contribution in [3.05, 3.63) is 35.9 Å². The highest BCUT2D eigenvalue weighted by Crippen LogP contribution is 2.21. The number of benzene rings is 1. The fraction of sp³-hybridized carbons (Fsp3) is 0.500. The molecule has 114 valence electrons. The fourth-order valence-electron chi connectivity index (χ4n) is 2.78. The second-order valence-corrected chi connectivity index (χ2v) is 5.49. The van der Waals surface area contributed by atoms with E-state index >= 15 is 0 Å². The van der Waals surface area contributed by atoms with Gasteiger partial charge < -0.3 is 15.7 Å². The van der Waals surface area contributed by atoms with Crippen LogP contribution in [0.15, 0.2) is 30.3 Å². The van der Waals surface area contributed by atoms with Gasteiger partial charge in [0.15, 0.2) is 0 Å². The van der Waals surface area contributed by atoms with Crippen LogP contribution in [0.3, 0.4) is 0 Å². The van der Waals surface area contributed by atoms with Gasteiger partial charge in [-0.25, -0.2) is 4.79 Å². The highest BCUT2D eigenvalue weighted by Gasteiger charge is 2.31. The van der Waals surface area contributed by atoms with Gasteiger partial charge in [-0.05, 0) is 31.2 Å². The molecule has 1 saturated heterocycles. The second kappa shape index (κ2) is 7.22. The number of carbonyl (C=O) groups is 2. The van der Waals surface area contributed by atoms with E-state index in [0.717, 1.165) is 18.4 Å². The molecule has 1 fully saturated rings. The molecule has 1 aliphatic heterocycles. The molecule has 0 saturated carbocycles. The van der Waals surface area contributed by atoms with Crippen molar-refractivity contribution in [2.75, 3.05) is 6.54 Å². The van der Waals surface area contributed by atoms with Crippen LogP contribution in [0, 0.1) is 0 Å². The van der Waals surface area contributed by atoms with Crippen LogP contribution >= 0.6 is 0 Å². The summed E-state index contributed by atoms with van der Waals surface area (Å²) >= 11 is 0. The lowest BCUT2D eigenvalue weighted by Crippen LogP contribution is -2.48. The predicted molar refractivity (Wildman–Crippen MR) is 79.6 cm³/mol. The Bertz CT molecular complexity index is 490. The number of nitrogens with zero attached hydrogens (tertiary/aromatic N) is 1. The predicted octanol–water partition coefficient (Wildman–Crippen LogP) is 1.93. The van der Waals surface area contributed by atoms with E-state index in [1.807, 2.05) is 30.3 Å². The summed E-state index contributed by atoms with van der Waals surface area (Å²) in [6, 6.07) is 8.78. The third kappa shape index (κ3) is 4.04. The average Bonchev–Trinajstić information content (AvgIpc) is 2.53. The van der Waals surface area contributed by atoms with Crippen LogP contribution in [-0.4, -0.2) is 34.5 Å². The van der Waals surface area contributed by atoms with E-state index in [0.29, 0.717) is 25.8 Å². The quantitative estimate of drug-likeness (QED) is 0.868. The molecule has 2 atom stereocenters. The molecule has 21 heavy (non-hydrogen) atoms. The van der Waals surface area contributed by atoms with Crippen LogP contribution in [0.25, 0.3) is 0 Å². The van der Waals surface area contributed by atoms with Gasteiger partial charge in [-0.15, -0.1) is 0 Å². The SMILES string of the molecule is NC(CCC(=O)N1CCCCC1C(=O)O)c1ccccc1. The Labute approximate surface area is 124 Å². The Kier molecular flexibility index (Phi) is 5.33. The summed E-state index contributed by atoms with van der Waals surface area (Å²) in [6.45, 7) is 0.538. The topological polar surface area (TPSA) is 83.6 Å². The molecule has 1 amide bonds. The van der Waals surface area contributed by atoms with Crippen molar-refractivity contribution >= 4 is 11.9 Å². The lowest BCUT2D eigenvalue weighted by molar-refractivity contribution is -0.152. The van der Waals surface area contributed by atoms with E-state index < -0.39 is 12.0 Å². The Morgan fingerprint density at radius 3 is 2.67 bits per heavy atom. The highest BCUT2D eigenvalue weighted by atomic mass is 16.4. The monoisotopic (exact) mass is 290 g/mol. The molecule has 2 rings (SSSR count). The first-order valence-corrected chi connectivity index (χ1v) is 7.42. The third-order valence-electron chi connectivity index (χ3n) is 4.01. The number of likely N-dealkylation sites (tertiary alicyclic amines) is 1. The van der Waals surface area contributed by atoms with Crippen LogP contribution < -0.4 is 5.73 Å². The van der Waals surface area contributed by atoms with Gasteiger partial charge in [0.05, 0.1) is 0 Å². The summed E-state index contributed by atoms with van der Waals surface area (Å²) in [5.74, 6) is -1.01. The molecule has 1 aromatic carbocycles. The minimum absolute atomic E-state index is 0.103. The van der Waals surface area contributed by atoms with E-state index in [4.69, 9.17) is 5.73 Å². The summed E-state index contributed by atoms with van der Waals surface area (Å²) in [4.78, 5) is 25.0. The van der Waals surface area contributed by atoms with Crippen LogP contribution in [0.5, 0.6) is 0 Å². The highest BCUT2D eigenvalue weighted by molar-refractivity contribution is 5.83. The summed E-state index contributed by atoms with van der Waals surface area (Å²) in [7, 11) is 0. The van der Waals surface area contributed by atoms with Crippen LogP contribution in [0.2, 0.25) is 0 Å². The number of rotatable bonds is 5. The number of aliphatic carboxylic acids is 1. The maximum atomic E-state index is 12.3. The molecule has 1 aliphatic rings. The molecule has 0 bridgehead atoms. The second-order valence-electron chi connectivity index (χ2n) is 5.49. The van der Waals surface area contributed by atoms with Gasteiger partial charge in [0.1, 0.15) is 6.04 Å². The average molecular weight is 290 g/mol. The first-order chi connectivity index (χ1) is 10.1. The van der Waals surface area contributed by atoms with E-state index in [9.17, 15) is 14.7 Å². The van der Waals surface area contributed by atoms with E-state index in [1.54, 1.807) is 0 Å². The van der Waals surface area contributed by atoms with Crippen LogP contribution in [0.4, 0.5) is 0 Å². The summed E-state index contributed by atoms with van der Waals surface area (Å²) in [6.07, 6.45) is 3.11. The summed E-state index contributed by atoms with van der Waals surface area (Å²) in [5.41, 5.74) is 7.08. The molecule has 2 unspecified atom stereocenters. The lowest BCUT2D eigenvalue weighted by atomic mass is 9.99. The molecule has 0 aliphatic carbocycles. The molecule has 0 aromatic heterocycles. The van der Waals surface area contributed by atoms with Crippen molar-refractivity contribution in [1.82, 2.24) is 4.90 Å². The number of hydrogen-bond acceptors (Lipinski definition) is 3. The number of carboxylic acid groups (broad SMARTS) is 1. The molecule has 0 radical (unpaired) electrons. The molecule has 5 nitrogen and oxygen atoms in total. The van der Waals surface area contributed by atoms with Gasteiger partial charge in [-0.1, -0.05) is 30.3 Å². The summed E-state index contributed by atoms with van der Waals surface area (Å²) in [5, 5.41) is 9.19. The number of hydrogen-bond donors (Lipinski definition) is 2. The van der Waals surface area contributed by atoms with E-state index in [-0.39, 0.29) is 11.9 Å². The Morgan fingerprint density at radius 2 is 2.00 bits per heavy atom. The Hall–Kier alpha value is -1.88. The maximum absolute atomic E-state index is 12.3. The fourth-order valence-corrected chi connectivity index (χ4v) is 2.78. The van der Waals surface area contributed by atoms with Gasteiger partial charge in [0, 0.05) is 19.0 Å². The minimum atomic E-state index is -0.907. The maximum Gasteiger partial charge on any atom is 0.326 e. The van der Waals surface area contributed by atoms with Crippen LogP contribution in [-0.2, 0) is 9.59 Å². The number of amides is 1. The van der Waals surface area contributed by atoms with Crippen LogP contribution in [0.1, 0.15) is 43.7 Å². The van der Waals surface area contributed by atoms with Crippen molar-refractivity contribution in [3.63, 3.8) is 0 Å². The first-order valence-electron chi connectivity index (χ1n) is 7.42.